The molecule has 0 unspecified atom stereocenters. The molecule has 0 saturated carbocycles. The van der Waals surface area contributed by atoms with Gasteiger partial charge in [-0.2, -0.15) is 0 Å². The Balaban J connectivity index is -0.0000000267. The summed E-state index contributed by atoms with van der Waals surface area (Å²) in [6, 6.07) is 0. The first-order valence-corrected chi connectivity index (χ1v) is 5.05. The molecule has 0 aromatic carbocycles. The van der Waals surface area contributed by atoms with E-state index in [0.29, 0.717) is 0 Å². The van der Waals surface area contributed by atoms with Crippen molar-refractivity contribution >= 4 is 30.6 Å². The quantitative estimate of drug-likeness (QED) is 0.261. The molecule has 0 saturated heterocycles. The Labute approximate surface area is 147 Å². The van der Waals surface area contributed by atoms with Crippen molar-refractivity contribution in [2.45, 2.75) is 0 Å². The first-order valence-electron chi connectivity index (χ1n) is 1.35. The zero-order chi connectivity index (χ0) is 9.00. The zero-order valence-corrected chi connectivity index (χ0v) is 15.6. The van der Waals surface area contributed by atoms with E-state index in [2.05, 4.69) is 11.2 Å². The van der Waals surface area contributed by atoms with Crippen molar-refractivity contribution in [2.75, 3.05) is 0 Å². The molecule has 7 nitrogen and oxygen atoms in total. The first-order chi connectivity index (χ1) is 4.00. The molecule has 0 aliphatic heterocycles. The molecule has 64 valence electrons. The van der Waals surface area contributed by atoms with Gasteiger partial charge in [0.15, 0.2) is 0 Å². The second-order valence-electron chi connectivity index (χ2n) is 0.836. The van der Waals surface area contributed by atoms with E-state index in [1.54, 1.807) is 0 Å². The Hall–Kier alpha value is 3.16. The molecular formula is HNa3O7S3. The summed E-state index contributed by atoms with van der Waals surface area (Å²) in [4.78, 5) is 0. The predicted molar refractivity (Wildman–Crippen MR) is 29.4 cm³/mol. The minimum atomic E-state index is -4.92. The summed E-state index contributed by atoms with van der Waals surface area (Å²) in [5.41, 5.74) is 0. The van der Waals surface area contributed by atoms with E-state index < -0.39 is 19.5 Å². The topological polar surface area (TPSA) is 141 Å². The summed E-state index contributed by atoms with van der Waals surface area (Å²) in [5.74, 6) is 0. The smallest absolute Gasteiger partial charge is 0.780 e. The third kappa shape index (κ3) is 263. The third-order valence-corrected chi connectivity index (χ3v) is 0. The van der Waals surface area contributed by atoms with E-state index in [1.165, 1.54) is 0 Å². The molecule has 0 bridgehead atoms. The Morgan fingerprint density at radius 2 is 0.923 bits per heavy atom. The number of hydrogen-bond donors (Lipinski definition) is 1. The molecule has 0 rings (SSSR count). The van der Waals surface area contributed by atoms with Gasteiger partial charge in [0.1, 0.15) is 0 Å². The van der Waals surface area contributed by atoms with E-state index in [1.807, 2.05) is 0 Å². The van der Waals surface area contributed by atoms with Crippen LogP contribution in [0.1, 0.15) is 0 Å². The van der Waals surface area contributed by atoms with Crippen LogP contribution in [0.15, 0.2) is 0 Å². The van der Waals surface area contributed by atoms with E-state index in [4.69, 9.17) is 30.8 Å². The van der Waals surface area contributed by atoms with Crippen LogP contribution in [0.5, 0.6) is 0 Å². The summed E-state index contributed by atoms with van der Waals surface area (Å²) in [6.45, 7) is 0. The van der Waals surface area contributed by atoms with Gasteiger partial charge >= 0.3 is 88.7 Å². The Morgan fingerprint density at radius 1 is 0.923 bits per heavy atom. The van der Waals surface area contributed by atoms with Gasteiger partial charge in [-0.3, -0.25) is 8.76 Å². The molecule has 0 aliphatic rings. The van der Waals surface area contributed by atoms with Crippen LogP contribution in [-0.2, 0) is 30.6 Å². The molecule has 13 heteroatoms. The van der Waals surface area contributed by atoms with Crippen LogP contribution >= 0.6 is 0 Å². The summed E-state index contributed by atoms with van der Waals surface area (Å²) in [6.07, 6.45) is 0. The fraction of sp³-hybridized carbons (Fsp3) is 0. The average Bonchev–Trinajstić information content (AvgIpc) is 1.12. The van der Waals surface area contributed by atoms with Gasteiger partial charge in [0.2, 0.25) is 10.4 Å². The summed E-state index contributed by atoms with van der Waals surface area (Å²) in [5, 5.41) is 0. The molecule has 0 fully saturated rings. The monoisotopic (exact) mass is 278 g/mol. The summed E-state index contributed by atoms with van der Waals surface area (Å²) < 4.78 is 59.5. The second-order valence-corrected chi connectivity index (χ2v) is 3.73. The molecule has 0 aromatic rings. The molecule has 0 radical (unpaired) electrons. The summed E-state index contributed by atoms with van der Waals surface area (Å²) in [7, 11) is -9.25. The van der Waals surface area contributed by atoms with Gasteiger partial charge in [-0.05, 0) is 11.2 Å². The van der Waals surface area contributed by atoms with Crippen LogP contribution in [-0.4, -0.2) is 30.8 Å². The molecule has 0 atom stereocenters. The molecule has 0 aromatic heterocycles. The fourth-order valence-corrected chi connectivity index (χ4v) is 0. The van der Waals surface area contributed by atoms with E-state index in [-0.39, 0.29) is 88.7 Å². The maximum absolute atomic E-state index is 8.89. The zero-order valence-electron chi connectivity index (χ0n) is 7.12. The van der Waals surface area contributed by atoms with E-state index in [0.717, 1.165) is 0 Å². The van der Waals surface area contributed by atoms with Gasteiger partial charge in [0, 0.05) is 0 Å². The molecular weight excluding hydrogens is 277 g/mol. The maximum atomic E-state index is 8.89. The van der Waals surface area contributed by atoms with Gasteiger partial charge in [0.25, 0.3) is 0 Å². The number of rotatable bonds is 0. The van der Waals surface area contributed by atoms with Crippen LogP contribution < -0.4 is 88.7 Å². The van der Waals surface area contributed by atoms with Crippen molar-refractivity contribution < 1.29 is 120 Å². The Kier molecular flexibility index (Phi) is 30.3. The van der Waals surface area contributed by atoms with Crippen LogP contribution in [0.3, 0.4) is 0 Å². The second kappa shape index (κ2) is 13.2. The van der Waals surface area contributed by atoms with E-state index in [9.17, 15) is 0 Å². The van der Waals surface area contributed by atoms with Crippen molar-refractivity contribution in [1.82, 2.24) is 0 Å². The number of hydrogen-bond acceptors (Lipinski definition) is 7. The Morgan fingerprint density at radius 3 is 0.923 bits per heavy atom. The minimum Gasteiger partial charge on any atom is -0.780 e. The summed E-state index contributed by atoms with van der Waals surface area (Å²) >= 11 is 3.24. The van der Waals surface area contributed by atoms with Gasteiger partial charge in [0.05, 0.1) is 0 Å². The normalized spacial score (nSPS) is 8.92. The van der Waals surface area contributed by atoms with E-state index >= 15 is 0 Å². The molecule has 1 N–H and O–H groups in total. The minimum absolute atomic E-state index is 0. The molecule has 13 heavy (non-hydrogen) atoms. The standard InChI is InChI=1S/3Na.H2O4S.H2O3S2/c;;;2*1-5(2,3)4/h;;;2*(H2,1,2,3,4)/q3*+1;;/p-3. The average molecular weight is 278 g/mol. The Bertz CT molecular complexity index is 215. The van der Waals surface area contributed by atoms with Crippen LogP contribution in [0.2, 0.25) is 0 Å². The van der Waals surface area contributed by atoms with Gasteiger partial charge in [-0.25, -0.2) is 8.42 Å². The van der Waals surface area contributed by atoms with Crippen LogP contribution in [0.4, 0.5) is 0 Å². The van der Waals surface area contributed by atoms with Crippen molar-refractivity contribution in [3.8, 4) is 0 Å². The predicted octanol–water partition coefficient (Wildman–Crippen LogP) is -11.0. The molecule has 0 amide bonds. The van der Waals surface area contributed by atoms with Crippen molar-refractivity contribution in [2.24, 2.45) is 0 Å². The van der Waals surface area contributed by atoms with Gasteiger partial charge < -0.3 is 13.7 Å². The largest absolute Gasteiger partial charge is 1.00 e. The molecule has 0 aliphatic carbocycles. The van der Waals surface area contributed by atoms with Crippen molar-refractivity contribution in [1.29, 1.82) is 0 Å². The maximum Gasteiger partial charge on any atom is 1.00 e. The van der Waals surface area contributed by atoms with Gasteiger partial charge in [-0.1, -0.05) is 0 Å². The SMILES string of the molecule is O=S(=O)([O-])O.O=S([O-])([O-])=S.[Na+].[Na+].[Na+]. The first kappa shape index (κ1) is 29.8. The third-order valence-electron chi connectivity index (χ3n) is 0. The van der Waals surface area contributed by atoms with Crippen molar-refractivity contribution in [3.63, 3.8) is 0 Å². The molecule has 0 heterocycles. The van der Waals surface area contributed by atoms with Crippen LogP contribution in [0.25, 0.3) is 0 Å². The van der Waals surface area contributed by atoms with Gasteiger partial charge in [-0.15, -0.1) is 9.05 Å². The fourth-order valence-electron chi connectivity index (χ4n) is 0. The van der Waals surface area contributed by atoms with Crippen molar-refractivity contribution in [3.05, 3.63) is 0 Å². The van der Waals surface area contributed by atoms with Crippen LogP contribution in [0, 0.1) is 0 Å². The molecule has 0 spiro atoms.